The zero-order valence-corrected chi connectivity index (χ0v) is 12.6. The van der Waals surface area contributed by atoms with Gasteiger partial charge in [0, 0.05) is 6.07 Å². The largest absolute Gasteiger partial charge is 0.495 e. The van der Waals surface area contributed by atoms with Gasteiger partial charge in [0.25, 0.3) is 0 Å². The SMILES string of the molecule is COc1cc(OC)c(S(=O)(=O)N[C@H](C)C(=O)O)cc1Cl. The highest BCUT2D eigenvalue weighted by Gasteiger charge is 2.26. The maximum Gasteiger partial charge on any atom is 0.321 e. The second-order valence-electron chi connectivity index (χ2n) is 3.82. The minimum absolute atomic E-state index is 0.00339. The molecule has 0 saturated heterocycles. The van der Waals surface area contributed by atoms with Crippen LogP contribution in [0.4, 0.5) is 0 Å². The standard InChI is InChI=1S/C11H14ClNO6S/c1-6(11(14)15)13-20(16,17)10-4-7(12)8(18-2)5-9(10)19-3/h4-6,13H,1-3H3,(H,14,15)/t6-/m1/s1. The number of hydrogen-bond donors (Lipinski definition) is 2. The number of methoxy groups -OCH3 is 2. The third-order valence-corrected chi connectivity index (χ3v) is 4.29. The number of carboxylic acid groups (broad SMARTS) is 1. The summed E-state index contributed by atoms with van der Waals surface area (Å²) < 4.78 is 36.2. The van der Waals surface area contributed by atoms with Gasteiger partial charge in [-0.3, -0.25) is 4.79 Å². The Balaban J connectivity index is 3.31. The second-order valence-corrected chi connectivity index (χ2v) is 5.91. The molecule has 0 heterocycles. The van der Waals surface area contributed by atoms with Crippen LogP contribution in [0.15, 0.2) is 17.0 Å². The summed E-state index contributed by atoms with van der Waals surface area (Å²) >= 11 is 5.87. The van der Waals surface area contributed by atoms with Gasteiger partial charge in [-0.15, -0.1) is 0 Å². The molecule has 1 aromatic carbocycles. The molecular weight excluding hydrogens is 310 g/mol. The number of hydrogen-bond acceptors (Lipinski definition) is 5. The molecule has 0 radical (unpaired) electrons. The van der Waals surface area contributed by atoms with Crippen molar-refractivity contribution in [1.29, 1.82) is 0 Å². The van der Waals surface area contributed by atoms with Crippen LogP contribution < -0.4 is 14.2 Å². The summed E-state index contributed by atoms with van der Waals surface area (Å²) in [5.74, 6) is -1.06. The molecule has 20 heavy (non-hydrogen) atoms. The van der Waals surface area contributed by atoms with E-state index in [1.54, 1.807) is 0 Å². The number of rotatable bonds is 6. The molecule has 1 aromatic rings. The summed E-state index contributed by atoms with van der Waals surface area (Å²) in [4.78, 5) is 10.5. The lowest BCUT2D eigenvalue weighted by atomic mass is 10.3. The number of halogens is 1. The van der Waals surface area contributed by atoms with Gasteiger partial charge < -0.3 is 14.6 Å². The number of sulfonamides is 1. The molecule has 0 amide bonds. The van der Waals surface area contributed by atoms with Crippen molar-refractivity contribution in [2.24, 2.45) is 0 Å². The van der Waals surface area contributed by atoms with Crippen LogP contribution in [0, 0.1) is 0 Å². The summed E-state index contributed by atoms with van der Waals surface area (Å²) in [6.45, 7) is 1.21. The minimum atomic E-state index is -4.09. The number of carboxylic acids is 1. The summed E-state index contributed by atoms with van der Waals surface area (Å²) in [6, 6.07) is 1.16. The molecule has 0 aromatic heterocycles. The van der Waals surface area contributed by atoms with E-state index in [9.17, 15) is 13.2 Å². The van der Waals surface area contributed by atoms with Crippen LogP contribution in [0.2, 0.25) is 5.02 Å². The summed E-state index contributed by atoms with van der Waals surface area (Å²) in [5.41, 5.74) is 0. The van der Waals surface area contributed by atoms with Crippen LogP contribution in [0.25, 0.3) is 0 Å². The smallest absolute Gasteiger partial charge is 0.321 e. The topological polar surface area (TPSA) is 102 Å². The zero-order chi connectivity index (χ0) is 15.5. The van der Waals surface area contributed by atoms with Crippen molar-refractivity contribution in [2.75, 3.05) is 14.2 Å². The molecule has 112 valence electrons. The minimum Gasteiger partial charge on any atom is -0.495 e. The van der Waals surface area contributed by atoms with Gasteiger partial charge >= 0.3 is 5.97 Å². The highest BCUT2D eigenvalue weighted by atomic mass is 35.5. The normalized spacial score (nSPS) is 12.8. The number of benzene rings is 1. The molecule has 0 fully saturated rings. The molecule has 0 aliphatic carbocycles. The average Bonchev–Trinajstić information content (AvgIpc) is 2.37. The van der Waals surface area contributed by atoms with Gasteiger partial charge in [-0.05, 0) is 13.0 Å². The molecule has 9 heteroatoms. The van der Waals surface area contributed by atoms with Crippen LogP contribution >= 0.6 is 11.6 Å². The van der Waals surface area contributed by atoms with E-state index < -0.39 is 22.0 Å². The lowest BCUT2D eigenvalue weighted by Crippen LogP contribution is -2.38. The first-order valence-corrected chi connectivity index (χ1v) is 7.25. The third-order valence-electron chi connectivity index (χ3n) is 2.43. The Morgan fingerprint density at radius 1 is 1.30 bits per heavy atom. The van der Waals surface area contributed by atoms with Crippen LogP contribution in [-0.2, 0) is 14.8 Å². The lowest BCUT2D eigenvalue weighted by molar-refractivity contribution is -0.138. The van der Waals surface area contributed by atoms with Crippen molar-refractivity contribution in [1.82, 2.24) is 4.72 Å². The van der Waals surface area contributed by atoms with Crippen LogP contribution in [-0.4, -0.2) is 39.8 Å². The van der Waals surface area contributed by atoms with Crippen molar-refractivity contribution in [3.63, 3.8) is 0 Å². The fraction of sp³-hybridized carbons (Fsp3) is 0.364. The summed E-state index contributed by atoms with van der Waals surface area (Å²) in [5, 5.41) is 8.82. The summed E-state index contributed by atoms with van der Waals surface area (Å²) in [6.07, 6.45) is 0. The van der Waals surface area contributed by atoms with Gasteiger partial charge in [0.1, 0.15) is 22.4 Å². The van der Waals surface area contributed by atoms with Gasteiger partial charge in [-0.2, -0.15) is 4.72 Å². The first-order chi connectivity index (χ1) is 9.22. The van der Waals surface area contributed by atoms with E-state index in [0.717, 1.165) is 6.07 Å². The van der Waals surface area contributed by atoms with E-state index in [1.807, 2.05) is 4.72 Å². The zero-order valence-electron chi connectivity index (χ0n) is 11.0. The van der Waals surface area contributed by atoms with Crippen LogP contribution in [0.3, 0.4) is 0 Å². The highest BCUT2D eigenvalue weighted by molar-refractivity contribution is 7.89. The number of ether oxygens (including phenoxy) is 2. The Morgan fingerprint density at radius 2 is 1.85 bits per heavy atom. The van der Waals surface area contributed by atoms with E-state index in [2.05, 4.69) is 0 Å². The lowest BCUT2D eigenvalue weighted by Gasteiger charge is -2.14. The van der Waals surface area contributed by atoms with E-state index in [0.29, 0.717) is 0 Å². The van der Waals surface area contributed by atoms with Crippen LogP contribution in [0.1, 0.15) is 6.92 Å². The van der Waals surface area contributed by atoms with Gasteiger partial charge in [0.05, 0.1) is 19.2 Å². The maximum atomic E-state index is 12.1. The molecule has 0 aliphatic heterocycles. The Bertz CT molecular complexity index is 616. The molecule has 0 saturated carbocycles. The molecule has 7 nitrogen and oxygen atoms in total. The van der Waals surface area contributed by atoms with E-state index in [-0.39, 0.29) is 21.4 Å². The molecule has 0 unspecified atom stereocenters. The van der Waals surface area contributed by atoms with Crippen molar-refractivity contribution in [3.8, 4) is 11.5 Å². The Labute approximate surface area is 121 Å². The monoisotopic (exact) mass is 323 g/mol. The Morgan fingerprint density at radius 3 is 2.30 bits per heavy atom. The van der Waals surface area contributed by atoms with Crippen molar-refractivity contribution in [2.45, 2.75) is 17.9 Å². The molecule has 2 N–H and O–H groups in total. The highest BCUT2D eigenvalue weighted by Crippen LogP contribution is 2.35. The predicted molar refractivity (Wildman–Crippen MR) is 72.0 cm³/mol. The fourth-order valence-electron chi connectivity index (χ4n) is 1.39. The average molecular weight is 324 g/mol. The number of carbonyl (C=O) groups is 1. The number of aliphatic carboxylic acids is 1. The van der Waals surface area contributed by atoms with Crippen molar-refractivity contribution >= 4 is 27.6 Å². The quantitative estimate of drug-likeness (QED) is 0.813. The molecule has 1 rings (SSSR count). The molecule has 0 aliphatic rings. The molecule has 0 spiro atoms. The molecular formula is C11H14ClNO6S. The van der Waals surface area contributed by atoms with E-state index in [4.69, 9.17) is 26.2 Å². The predicted octanol–water partition coefficient (Wildman–Crippen LogP) is 1.11. The molecule has 0 bridgehead atoms. The van der Waals surface area contributed by atoms with E-state index in [1.165, 1.54) is 27.2 Å². The number of nitrogens with one attached hydrogen (secondary N) is 1. The van der Waals surface area contributed by atoms with Crippen molar-refractivity contribution < 1.29 is 27.8 Å². The fourth-order valence-corrected chi connectivity index (χ4v) is 3.07. The first-order valence-electron chi connectivity index (χ1n) is 5.39. The summed E-state index contributed by atoms with van der Waals surface area (Å²) in [7, 11) is -1.44. The van der Waals surface area contributed by atoms with E-state index >= 15 is 0 Å². The second kappa shape index (κ2) is 6.29. The van der Waals surface area contributed by atoms with Gasteiger partial charge in [0.15, 0.2) is 0 Å². The van der Waals surface area contributed by atoms with Gasteiger partial charge in [-0.25, -0.2) is 8.42 Å². The Hall–Kier alpha value is -1.51. The van der Waals surface area contributed by atoms with Gasteiger partial charge in [-0.1, -0.05) is 11.6 Å². The van der Waals surface area contributed by atoms with Crippen LogP contribution in [0.5, 0.6) is 11.5 Å². The third kappa shape index (κ3) is 3.53. The Kier molecular flexibility index (Phi) is 5.21. The first kappa shape index (κ1) is 16.5. The maximum absolute atomic E-state index is 12.1. The van der Waals surface area contributed by atoms with Crippen molar-refractivity contribution in [3.05, 3.63) is 17.2 Å². The van der Waals surface area contributed by atoms with Gasteiger partial charge in [0.2, 0.25) is 10.0 Å². The molecule has 1 atom stereocenters.